The summed E-state index contributed by atoms with van der Waals surface area (Å²) in [4.78, 5) is 15.4. The van der Waals surface area contributed by atoms with Gasteiger partial charge in [-0.05, 0) is 31.3 Å². The lowest BCUT2D eigenvalue weighted by Gasteiger charge is -2.17. The number of guanidine groups is 1. The van der Waals surface area contributed by atoms with Crippen LogP contribution in [-0.4, -0.2) is 38.0 Å². The third kappa shape index (κ3) is 14.6. The number of rotatable bonds is 9. The van der Waals surface area contributed by atoms with Crippen molar-refractivity contribution in [2.45, 2.75) is 40.0 Å². The van der Waals surface area contributed by atoms with Crippen molar-refractivity contribution in [3.8, 4) is 0 Å². The highest BCUT2D eigenvalue weighted by atomic mass is 16.1. The van der Waals surface area contributed by atoms with E-state index in [9.17, 15) is 4.79 Å². The van der Waals surface area contributed by atoms with Crippen LogP contribution in [0.4, 0.5) is 0 Å². The van der Waals surface area contributed by atoms with Crippen LogP contribution in [0.3, 0.4) is 0 Å². The molecule has 0 aromatic carbocycles. The maximum Gasteiger partial charge on any atom is 0.220 e. The molecule has 0 bridgehead atoms. The fourth-order valence-electron chi connectivity index (χ4n) is 1.52. The summed E-state index contributed by atoms with van der Waals surface area (Å²) < 4.78 is 0. The fraction of sp³-hybridized carbons (Fsp3) is 0.846. The molecule has 0 radical (unpaired) electrons. The lowest BCUT2D eigenvalue weighted by molar-refractivity contribution is -0.122. The minimum Gasteiger partial charge on any atom is -0.370 e. The number of nitrogens with two attached hydrogens (primary N) is 2. The van der Waals surface area contributed by atoms with E-state index in [1.807, 2.05) is 0 Å². The van der Waals surface area contributed by atoms with E-state index in [0.717, 1.165) is 32.5 Å². The van der Waals surface area contributed by atoms with E-state index in [1.54, 1.807) is 0 Å². The van der Waals surface area contributed by atoms with Gasteiger partial charge in [0.25, 0.3) is 0 Å². The standard InChI is InChI=1S/C13H29N5O/c1-13(2,3)10-11(19)17-8-4-6-16-7-5-9-18-12(14)15/h16H,4-10H2,1-3H3,(H,17,19)(H4,14,15,18). The Morgan fingerprint density at radius 1 is 1.11 bits per heavy atom. The Balaban J connectivity index is 3.32. The van der Waals surface area contributed by atoms with E-state index in [1.165, 1.54) is 0 Å². The molecule has 19 heavy (non-hydrogen) atoms. The number of amides is 1. The van der Waals surface area contributed by atoms with Crippen molar-refractivity contribution in [2.24, 2.45) is 21.9 Å². The second-order valence-corrected chi connectivity index (χ2v) is 5.85. The van der Waals surface area contributed by atoms with E-state index in [-0.39, 0.29) is 17.3 Å². The predicted molar refractivity (Wildman–Crippen MR) is 79.9 cm³/mol. The van der Waals surface area contributed by atoms with Crippen LogP contribution in [0.5, 0.6) is 0 Å². The van der Waals surface area contributed by atoms with Gasteiger partial charge < -0.3 is 22.1 Å². The van der Waals surface area contributed by atoms with Crippen LogP contribution in [0, 0.1) is 5.41 Å². The van der Waals surface area contributed by atoms with E-state index >= 15 is 0 Å². The van der Waals surface area contributed by atoms with Gasteiger partial charge in [-0.25, -0.2) is 0 Å². The number of carbonyl (C=O) groups excluding carboxylic acids is 1. The Morgan fingerprint density at radius 2 is 1.74 bits per heavy atom. The molecule has 112 valence electrons. The smallest absolute Gasteiger partial charge is 0.220 e. The molecule has 6 heteroatoms. The third-order valence-electron chi connectivity index (χ3n) is 2.35. The number of aliphatic imine (C=N–C) groups is 1. The third-order valence-corrected chi connectivity index (χ3v) is 2.35. The highest BCUT2D eigenvalue weighted by Crippen LogP contribution is 2.17. The summed E-state index contributed by atoms with van der Waals surface area (Å²) in [5, 5.41) is 6.20. The van der Waals surface area contributed by atoms with Crippen LogP contribution >= 0.6 is 0 Å². The van der Waals surface area contributed by atoms with Crippen molar-refractivity contribution in [3.63, 3.8) is 0 Å². The SMILES string of the molecule is CC(C)(C)CC(=O)NCCCNCCCN=C(N)N. The van der Waals surface area contributed by atoms with Gasteiger partial charge in [0.2, 0.25) is 5.91 Å². The number of hydrogen-bond donors (Lipinski definition) is 4. The molecule has 0 fully saturated rings. The largest absolute Gasteiger partial charge is 0.370 e. The molecule has 6 nitrogen and oxygen atoms in total. The van der Waals surface area contributed by atoms with Gasteiger partial charge in [-0.2, -0.15) is 0 Å². The van der Waals surface area contributed by atoms with Gasteiger partial charge in [-0.3, -0.25) is 9.79 Å². The lowest BCUT2D eigenvalue weighted by atomic mass is 9.92. The van der Waals surface area contributed by atoms with Gasteiger partial charge in [0.15, 0.2) is 5.96 Å². The van der Waals surface area contributed by atoms with Gasteiger partial charge in [0.05, 0.1) is 0 Å². The minimum atomic E-state index is 0.0493. The highest BCUT2D eigenvalue weighted by Gasteiger charge is 2.14. The van der Waals surface area contributed by atoms with E-state index in [2.05, 4.69) is 36.4 Å². The zero-order chi connectivity index (χ0) is 14.7. The summed E-state index contributed by atoms with van der Waals surface area (Å²) in [6, 6.07) is 0. The molecule has 0 heterocycles. The quantitative estimate of drug-likeness (QED) is 0.273. The molecule has 0 unspecified atom stereocenters. The van der Waals surface area contributed by atoms with E-state index in [0.29, 0.717) is 13.0 Å². The Morgan fingerprint density at radius 3 is 2.32 bits per heavy atom. The van der Waals surface area contributed by atoms with Crippen LogP contribution < -0.4 is 22.1 Å². The maximum absolute atomic E-state index is 11.5. The zero-order valence-corrected chi connectivity index (χ0v) is 12.5. The molecule has 0 aliphatic rings. The van der Waals surface area contributed by atoms with Crippen LogP contribution in [0.2, 0.25) is 0 Å². The summed E-state index contributed by atoms with van der Waals surface area (Å²) in [5.41, 5.74) is 10.5. The van der Waals surface area contributed by atoms with Crippen molar-refractivity contribution in [1.82, 2.24) is 10.6 Å². The molecule has 0 aliphatic carbocycles. The molecule has 0 rings (SSSR count). The molecule has 0 saturated heterocycles. The summed E-state index contributed by atoms with van der Waals surface area (Å²) >= 11 is 0. The monoisotopic (exact) mass is 271 g/mol. The normalized spacial score (nSPS) is 11.1. The van der Waals surface area contributed by atoms with Crippen LogP contribution in [0.25, 0.3) is 0 Å². The minimum absolute atomic E-state index is 0.0493. The topological polar surface area (TPSA) is 106 Å². The van der Waals surface area contributed by atoms with Crippen molar-refractivity contribution < 1.29 is 4.79 Å². The molecular weight excluding hydrogens is 242 g/mol. The van der Waals surface area contributed by atoms with E-state index in [4.69, 9.17) is 11.5 Å². The molecule has 0 aromatic rings. The van der Waals surface area contributed by atoms with Crippen molar-refractivity contribution in [3.05, 3.63) is 0 Å². The van der Waals surface area contributed by atoms with Crippen molar-refractivity contribution in [1.29, 1.82) is 0 Å². The summed E-state index contributed by atoms with van der Waals surface area (Å²) in [7, 11) is 0. The number of hydrogen-bond acceptors (Lipinski definition) is 3. The number of nitrogens with one attached hydrogen (secondary N) is 2. The summed E-state index contributed by atoms with van der Waals surface area (Å²) in [6.45, 7) is 9.32. The van der Waals surface area contributed by atoms with Crippen molar-refractivity contribution in [2.75, 3.05) is 26.2 Å². The van der Waals surface area contributed by atoms with Gasteiger partial charge in [0.1, 0.15) is 0 Å². The zero-order valence-electron chi connectivity index (χ0n) is 12.5. The second-order valence-electron chi connectivity index (χ2n) is 5.85. The van der Waals surface area contributed by atoms with Gasteiger partial charge in [-0.15, -0.1) is 0 Å². The first kappa shape index (κ1) is 17.7. The van der Waals surface area contributed by atoms with Crippen LogP contribution in [0.1, 0.15) is 40.0 Å². The second kappa shape index (κ2) is 9.61. The molecule has 1 amide bonds. The molecule has 0 aromatic heterocycles. The molecular formula is C13H29N5O. The highest BCUT2D eigenvalue weighted by molar-refractivity contribution is 5.76. The Labute approximate surface area is 116 Å². The average molecular weight is 271 g/mol. The summed E-state index contributed by atoms with van der Waals surface area (Å²) in [6.07, 6.45) is 2.41. The summed E-state index contributed by atoms with van der Waals surface area (Å²) in [5.74, 6) is 0.266. The number of nitrogens with zero attached hydrogens (tertiary/aromatic N) is 1. The molecule has 0 saturated carbocycles. The van der Waals surface area contributed by atoms with Gasteiger partial charge in [-0.1, -0.05) is 20.8 Å². The molecule has 6 N–H and O–H groups in total. The molecule has 0 atom stereocenters. The maximum atomic E-state index is 11.5. The van der Waals surface area contributed by atoms with Crippen molar-refractivity contribution >= 4 is 11.9 Å². The number of carbonyl (C=O) groups is 1. The molecule has 0 aliphatic heterocycles. The predicted octanol–water partition coefficient (Wildman–Crippen LogP) is 0.182. The molecule has 0 spiro atoms. The Kier molecular flexibility index (Phi) is 8.95. The first-order valence-corrected chi connectivity index (χ1v) is 6.84. The van der Waals surface area contributed by atoms with Gasteiger partial charge >= 0.3 is 0 Å². The lowest BCUT2D eigenvalue weighted by Crippen LogP contribution is -2.30. The van der Waals surface area contributed by atoms with Crippen LogP contribution in [-0.2, 0) is 4.79 Å². The van der Waals surface area contributed by atoms with E-state index < -0.39 is 0 Å². The van der Waals surface area contributed by atoms with Crippen LogP contribution in [0.15, 0.2) is 4.99 Å². The first-order chi connectivity index (χ1) is 8.81. The first-order valence-electron chi connectivity index (χ1n) is 6.84. The average Bonchev–Trinajstić information content (AvgIpc) is 2.24. The Hall–Kier alpha value is -1.30. The Bertz CT molecular complexity index is 279. The fourth-order valence-corrected chi connectivity index (χ4v) is 1.52. The van der Waals surface area contributed by atoms with Gasteiger partial charge in [0, 0.05) is 19.5 Å².